The van der Waals surface area contributed by atoms with Crippen LogP contribution in [0.5, 0.6) is 0 Å². The van der Waals surface area contributed by atoms with Crippen LogP contribution in [-0.4, -0.2) is 16.8 Å². The van der Waals surface area contributed by atoms with Gasteiger partial charge in [0.05, 0.1) is 29.3 Å². The van der Waals surface area contributed by atoms with Crippen molar-refractivity contribution in [2.45, 2.75) is 13.5 Å². The molecule has 0 aliphatic carbocycles. The Morgan fingerprint density at radius 2 is 2.19 bits per heavy atom. The molecule has 0 unspecified atom stereocenters. The minimum Gasteiger partial charge on any atom is -0.366 e. The van der Waals surface area contributed by atoms with Crippen LogP contribution in [-0.2, 0) is 6.54 Å². The monoisotopic (exact) mass is 277 g/mol. The number of anilines is 1. The minimum absolute atomic E-state index is 0.899. The molecule has 0 amide bonds. The van der Waals surface area contributed by atoms with Gasteiger partial charge in [-0.1, -0.05) is 6.07 Å². The van der Waals surface area contributed by atoms with E-state index in [1.165, 1.54) is 11.4 Å². The largest absolute Gasteiger partial charge is 0.366 e. The summed E-state index contributed by atoms with van der Waals surface area (Å²) in [5, 5.41) is 4.54. The number of rotatable bonds is 0. The van der Waals surface area contributed by atoms with Crippen LogP contribution >= 0.6 is 15.9 Å². The Kier molecular flexibility index (Phi) is 2.07. The van der Waals surface area contributed by atoms with E-state index < -0.39 is 0 Å². The summed E-state index contributed by atoms with van der Waals surface area (Å²) in [5.74, 6) is 0. The normalized spacial score (nSPS) is 13.6. The molecule has 0 fully saturated rings. The van der Waals surface area contributed by atoms with Crippen LogP contribution in [0, 0.1) is 6.92 Å². The van der Waals surface area contributed by atoms with Crippen LogP contribution in [0.4, 0.5) is 5.69 Å². The molecule has 0 bridgehead atoms. The lowest BCUT2D eigenvalue weighted by atomic mass is 10.2. The van der Waals surface area contributed by atoms with Crippen molar-refractivity contribution in [3.8, 4) is 5.69 Å². The summed E-state index contributed by atoms with van der Waals surface area (Å²) in [6, 6.07) is 8.35. The Hall–Kier alpha value is -1.29. The predicted octanol–water partition coefficient (Wildman–Crippen LogP) is 2.89. The zero-order chi connectivity index (χ0) is 11.3. The van der Waals surface area contributed by atoms with Gasteiger partial charge < -0.3 is 4.90 Å². The summed E-state index contributed by atoms with van der Waals surface area (Å²) < 4.78 is 3.15. The van der Waals surface area contributed by atoms with Gasteiger partial charge in [0.25, 0.3) is 0 Å². The van der Waals surface area contributed by atoms with E-state index in [4.69, 9.17) is 0 Å². The highest BCUT2D eigenvalue weighted by Crippen LogP contribution is 2.36. The number of hydrogen-bond acceptors (Lipinski definition) is 2. The smallest absolute Gasteiger partial charge is 0.0894 e. The average Bonchev–Trinajstić information content (AvgIpc) is 2.58. The number of hydrogen-bond donors (Lipinski definition) is 0. The van der Waals surface area contributed by atoms with Gasteiger partial charge in [0.1, 0.15) is 0 Å². The molecule has 1 aliphatic heterocycles. The van der Waals surface area contributed by atoms with Crippen LogP contribution in [0.1, 0.15) is 11.4 Å². The van der Waals surface area contributed by atoms with Gasteiger partial charge in [0, 0.05) is 11.5 Å². The van der Waals surface area contributed by atoms with Crippen LogP contribution in [0.25, 0.3) is 5.69 Å². The topological polar surface area (TPSA) is 21.1 Å². The summed E-state index contributed by atoms with van der Waals surface area (Å²) in [7, 11) is 2.11. The Morgan fingerprint density at radius 1 is 1.38 bits per heavy atom. The molecule has 2 heterocycles. The summed E-state index contributed by atoms with van der Waals surface area (Å²) >= 11 is 3.60. The number of nitrogens with zero attached hydrogens (tertiary/aromatic N) is 3. The van der Waals surface area contributed by atoms with Gasteiger partial charge in [-0.05, 0) is 41.1 Å². The van der Waals surface area contributed by atoms with Gasteiger partial charge in [0.15, 0.2) is 0 Å². The van der Waals surface area contributed by atoms with Crippen molar-refractivity contribution in [1.82, 2.24) is 9.78 Å². The number of halogens is 1. The van der Waals surface area contributed by atoms with Gasteiger partial charge in [-0.3, -0.25) is 0 Å². The molecular formula is C12H12BrN3. The van der Waals surface area contributed by atoms with Crippen molar-refractivity contribution in [3.63, 3.8) is 0 Å². The maximum Gasteiger partial charge on any atom is 0.0894 e. The quantitative estimate of drug-likeness (QED) is 0.738. The summed E-state index contributed by atoms with van der Waals surface area (Å²) in [4.78, 5) is 2.25. The number of benzene rings is 1. The maximum atomic E-state index is 4.54. The first-order chi connectivity index (χ1) is 7.66. The van der Waals surface area contributed by atoms with E-state index in [9.17, 15) is 0 Å². The highest BCUT2D eigenvalue weighted by atomic mass is 79.9. The van der Waals surface area contributed by atoms with Gasteiger partial charge in [-0.25, -0.2) is 4.68 Å². The van der Waals surface area contributed by atoms with E-state index >= 15 is 0 Å². The predicted molar refractivity (Wildman–Crippen MR) is 68.1 cm³/mol. The fraction of sp³-hybridized carbons (Fsp3) is 0.250. The summed E-state index contributed by atoms with van der Waals surface area (Å²) in [6.07, 6.45) is 0. The van der Waals surface area contributed by atoms with Crippen LogP contribution in [0.2, 0.25) is 0 Å². The Labute approximate surface area is 103 Å². The average molecular weight is 278 g/mol. The molecule has 3 nitrogen and oxygen atoms in total. The van der Waals surface area contributed by atoms with Crippen molar-refractivity contribution in [3.05, 3.63) is 40.1 Å². The first kappa shape index (κ1) is 9.90. The molecule has 1 aromatic carbocycles. The maximum absolute atomic E-state index is 4.54. The van der Waals surface area contributed by atoms with E-state index in [1.54, 1.807) is 0 Å². The molecule has 3 rings (SSSR count). The summed E-state index contributed by atoms with van der Waals surface area (Å²) in [5.41, 5.74) is 4.66. The van der Waals surface area contributed by atoms with E-state index in [1.807, 2.05) is 17.7 Å². The number of fused-ring (bicyclic) bond motifs is 3. The molecule has 1 aromatic heterocycles. The third kappa shape index (κ3) is 1.29. The minimum atomic E-state index is 0.899. The fourth-order valence-corrected chi connectivity index (χ4v) is 2.91. The molecule has 0 radical (unpaired) electrons. The molecular weight excluding hydrogens is 266 g/mol. The van der Waals surface area contributed by atoms with Crippen LogP contribution in [0.3, 0.4) is 0 Å². The zero-order valence-electron chi connectivity index (χ0n) is 9.24. The second-order valence-electron chi connectivity index (χ2n) is 4.15. The van der Waals surface area contributed by atoms with Crippen molar-refractivity contribution >= 4 is 21.6 Å². The van der Waals surface area contributed by atoms with E-state index in [0.717, 1.165) is 22.4 Å². The van der Waals surface area contributed by atoms with Crippen molar-refractivity contribution in [2.75, 3.05) is 11.9 Å². The molecule has 2 aromatic rings. The van der Waals surface area contributed by atoms with Crippen LogP contribution < -0.4 is 4.90 Å². The molecule has 1 aliphatic rings. The van der Waals surface area contributed by atoms with E-state index in [0.29, 0.717) is 0 Å². The third-order valence-electron chi connectivity index (χ3n) is 2.88. The standard InChI is InChI=1S/C12H12BrN3/c1-8-6-9-7-15(2)12-10(13)4-3-5-11(12)16(9)14-8/h3-6H,7H2,1-2H3. The Morgan fingerprint density at radius 3 is 3.00 bits per heavy atom. The molecule has 0 N–H and O–H groups in total. The van der Waals surface area contributed by atoms with Gasteiger partial charge in [-0.2, -0.15) is 5.10 Å². The Bertz CT molecular complexity index is 559. The van der Waals surface area contributed by atoms with Crippen molar-refractivity contribution in [2.24, 2.45) is 0 Å². The molecule has 0 atom stereocenters. The second kappa shape index (κ2) is 3.35. The zero-order valence-corrected chi connectivity index (χ0v) is 10.8. The van der Waals surface area contributed by atoms with Crippen molar-refractivity contribution in [1.29, 1.82) is 0 Å². The lowest BCUT2D eigenvalue weighted by Crippen LogP contribution is -2.25. The lowest BCUT2D eigenvalue weighted by Gasteiger charge is -2.29. The molecule has 4 heteroatoms. The van der Waals surface area contributed by atoms with Gasteiger partial charge >= 0.3 is 0 Å². The second-order valence-corrected chi connectivity index (χ2v) is 5.01. The Balaban J connectivity index is 2.32. The molecule has 82 valence electrons. The van der Waals surface area contributed by atoms with Gasteiger partial charge in [-0.15, -0.1) is 0 Å². The first-order valence-electron chi connectivity index (χ1n) is 5.22. The van der Waals surface area contributed by atoms with Crippen molar-refractivity contribution < 1.29 is 0 Å². The lowest BCUT2D eigenvalue weighted by molar-refractivity contribution is 0.734. The summed E-state index contributed by atoms with van der Waals surface area (Å²) in [6.45, 7) is 2.93. The fourth-order valence-electron chi connectivity index (χ4n) is 2.25. The molecule has 16 heavy (non-hydrogen) atoms. The van der Waals surface area contributed by atoms with Crippen LogP contribution in [0.15, 0.2) is 28.7 Å². The molecule has 0 saturated heterocycles. The number of aryl methyl sites for hydroxylation is 1. The van der Waals surface area contributed by atoms with E-state index in [2.05, 4.69) is 51.2 Å². The SMILES string of the molecule is Cc1cc2n(n1)-c1cccc(Br)c1N(C)C2. The molecule has 0 spiro atoms. The highest BCUT2D eigenvalue weighted by Gasteiger charge is 2.22. The molecule has 0 saturated carbocycles. The first-order valence-corrected chi connectivity index (χ1v) is 6.01. The highest BCUT2D eigenvalue weighted by molar-refractivity contribution is 9.10. The van der Waals surface area contributed by atoms with Gasteiger partial charge in [0.2, 0.25) is 0 Å². The number of aromatic nitrogens is 2. The number of para-hydroxylation sites is 1. The third-order valence-corrected chi connectivity index (χ3v) is 3.52. The van der Waals surface area contributed by atoms with E-state index in [-0.39, 0.29) is 0 Å².